The molecule has 1 heterocycles. The van der Waals surface area contributed by atoms with Gasteiger partial charge in [-0.25, -0.2) is 0 Å². The maximum Gasteiger partial charge on any atom is 0.169 e. The third kappa shape index (κ3) is 2.92. The van der Waals surface area contributed by atoms with Crippen molar-refractivity contribution >= 4 is 21.7 Å². The molecule has 1 fully saturated rings. The highest BCUT2D eigenvalue weighted by Gasteiger charge is 2.30. The smallest absolute Gasteiger partial charge is 0.169 e. The zero-order valence-electron chi connectivity index (χ0n) is 11.2. The van der Waals surface area contributed by atoms with Crippen LogP contribution in [0.2, 0.25) is 0 Å². The van der Waals surface area contributed by atoms with E-state index in [1.54, 1.807) is 26.4 Å². The number of hydrogen-bond acceptors (Lipinski definition) is 4. The lowest BCUT2D eigenvalue weighted by Crippen LogP contribution is -2.15. The Morgan fingerprint density at radius 3 is 2.47 bits per heavy atom. The van der Waals surface area contributed by atoms with E-state index >= 15 is 0 Å². The van der Waals surface area contributed by atoms with Crippen LogP contribution < -0.4 is 9.47 Å². The standard InChI is InChI=1S/C14H17BrO4/c1-8-4-9(7-19-8)14(16)10-5-12(17-2)13(18-3)6-11(10)15/h5-6,8-9H,4,7H2,1-3H3. The molecule has 0 aliphatic carbocycles. The van der Waals surface area contributed by atoms with Crippen molar-refractivity contribution in [2.24, 2.45) is 5.92 Å². The van der Waals surface area contributed by atoms with Crippen LogP contribution in [0, 0.1) is 5.92 Å². The van der Waals surface area contributed by atoms with Gasteiger partial charge in [-0.15, -0.1) is 0 Å². The normalized spacial score (nSPS) is 22.3. The highest BCUT2D eigenvalue weighted by atomic mass is 79.9. The van der Waals surface area contributed by atoms with Gasteiger partial charge in [0.15, 0.2) is 17.3 Å². The van der Waals surface area contributed by atoms with Crippen LogP contribution in [0.5, 0.6) is 11.5 Å². The third-order valence-corrected chi connectivity index (χ3v) is 3.96. The van der Waals surface area contributed by atoms with Gasteiger partial charge in [-0.05, 0) is 41.4 Å². The van der Waals surface area contributed by atoms with E-state index in [9.17, 15) is 4.79 Å². The number of Topliss-reactive ketones (excluding diaryl/α,β-unsaturated/α-hetero) is 1. The maximum absolute atomic E-state index is 12.5. The number of carbonyl (C=O) groups is 1. The van der Waals surface area contributed by atoms with Gasteiger partial charge in [-0.3, -0.25) is 4.79 Å². The molecule has 0 spiro atoms. The summed E-state index contributed by atoms with van der Waals surface area (Å²) < 4.78 is 16.6. The predicted molar refractivity (Wildman–Crippen MR) is 75.1 cm³/mol. The highest BCUT2D eigenvalue weighted by molar-refractivity contribution is 9.10. The molecule has 2 unspecified atom stereocenters. The van der Waals surface area contributed by atoms with Crippen LogP contribution in [0.15, 0.2) is 16.6 Å². The number of benzene rings is 1. The Morgan fingerprint density at radius 1 is 1.32 bits per heavy atom. The Kier molecular flexibility index (Phi) is 4.47. The zero-order chi connectivity index (χ0) is 14.0. The monoisotopic (exact) mass is 328 g/mol. The van der Waals surface area contributed by atoms with Crippen LogP contribution in [0.3, 0.4) is 0 Å². The molecular weight excluding hydrogens is 312 g/mol. The number of hydrogen-bond donors (Lipinski definition) is 0. The fourth-order valence-corrected chi connectivity index (χ4v) is 2.78. The first kappa shape index (κ1) is 14.3. The molecule has 1 aromatic carbocycles. The summed E-state index contributed by atoms with van der Waals surface area (Å²) in [5.74, 6) is 1.16. The fraction of sp³-hybridized carbons (Fsp3) is 0.500. The van der Waals surface area contributed by atoms with Crippen LogP contribution in [0.4, 0.5) is 0 Å². The number of ketones is 1. The largest absolute Gasteiger partial charge is 0.493 e. The minimum absolute atomic E-state index is 0.0793. The van der Waals surface area contributed by atoms with Gasteiger partial charge < -0.3 is 14.2 Å². The van der Waals surface area contributed by atoms with Gasteiger partial charge in [-0.2, -0.15) is 0 Å². The van der Waals surface area contributed by atoms with Crippen molar-refractivity contribution in [2.75, 3.05) is 20.8 Å². The molecule has 4 nitrogen and oxygen atoms in total. The molecule has 5 heteroatoms. The number of ether oxygens (including phenoxy) is 3. The van der Waals surface area contributed by atoms with Crippen molar-refractivity contribution in [2.45, 2.75) is 19.4 Å². The molecule has 1 aliphatic heterocycles. The van der Waals surface area contributed by atoms with Crippen molar-refractivity contribution in [3.8, 4) is 11.5 Å². The van der Waals surface area contributed by atoms with E-state index in [-0.39, 0.29) is 17.8 Å². The van der Waals surface area contributed by atoms with Crippen LogP contribution in [0.25, 0.3) is 0 Å². The molecule has 1 saturated heterocycles. The van der Waals surface area contributed by atoms with Crippen molar-refractivity contribution < 1.29 is 19.0 Å². The van der Waals surface area contributed by atoms with Gasteiger partial charge in [0.1, 0.15) is 0 Å². The summed E-state index contributed by atoms with van der Waals surface area (Å²) in [5, 5.41) is 0. The molecule has 0 radical (unpaired) electrons. The van der Waals surface area contributed by atoms with Crippen molar-refractivity contribution in [3.05, 3.63) is 22.2 Å². The topological polar surface area (TPSA) is 44.8 Å². The second kappa shape index (κ2) is 5.92. The second-order valence-electron chi connectivity index (χ2n) is 4.63. The van der Waals surface area contributed by atoms with E-state index in [0.717, 1.165) is 10.9 Å². The molecule has 1 aromatic rings. The number of rotatable bonds is 4. The lowest BCUT2D eigenvalue weighted by atomic mass is 9.95. The molecule has 104 valence electrons. The molecule has 19 heavy (non-hydrogen) atoms. The van der Waals surface area contributed by atoms with E-state index in [4.69, 9.17) is 14.2 Å². The molecule has 2 rings (SSSR count). The average Bonchev–Trinajstić information content (AvgIpc) is 2.84. The van der Waals surface area contributed by atoms with Gasteiger partial charge in [0.05, 0.1) is 26.9 Å². The Hall–Kier alpha value is -1.07. The molecule has 0 aromatic heterocycles. The van der Waals surface area contributed by atoms with E-state index in [1.165, 1.54) is 0 Å². The number of methoxy groups -OCH3 is 2. The summed E-state index contributed by atoms with van der Waals surface area (Å²) >= 11 is 3.42. The first-order valence-corrected chi connectivity index (χ1v) is 6.93. The van der Waals surface area contributed by atoms with Crippen molar-refractivity contribution in [1.82, 2.24) is 0 Å². The first-order chi connectivity index (χ1) is 9.06. The summed E-state index contributed by atoms with van der Waals surface area (Å²) in [5.41, 5.74) is 0.611. The molecule has 0 bridgehead atoms. The Labute approximate surface area is 121 Å². The van der Waals surface area contributed by atoms with E-state index in [1.807, 2.05) is 6.92 Å². The van der Waals surface area contributed by atoms with Gasteiger partial charge in [0.25, 0.3) is 0 Å². The lowest BCUT2D eigenvalue weighted by Gasteiger charge is -2.13. The fourth-order valence-electron chi connectivity index (χ4n) is 2.26. The lowest BCUT2D eigenvalue weighted by molar-refractivity contribution is 0.0876. The summed E-state index contributed by atoms with van der Waals surface area (Å²) in [4.78, 5) is 12.5. The van der Waals surface area contributed by atoms with E-state index in [2.05, 4.69) is 15.9 Å². The van der Waals surface area contributed by atoms with Crippen LogP contribution in [0.1, 0.15) is 23.7 Å². The minimum Gasteiger partial charge on any atom is -0.493 e. The van der Waals surface area contributed by atoms with Gasteiger partial charge in [0.2, 0.25) is 0 Å². The number of halogens is 1. The molecular formula is C14H17BrO4. The highest BCUT2D eigenvalue weighted by Crippen LogP contribution is 2.35. The predicted octanol–water partition coefficient (Wildman–Crippen LogP) is 3.07. The van der Waals surface area contributed by atoms with Crippen molar-refractivity contribution in [1.29, 1.82) is 0 Å². The Balaban J connectivity index is 2.31. The molecule has 1 aliphatic rings. The van der Waals surface area contributed by atoms with Gasteiger partial charge >= 0.3 is 0 Å². The van der Waals surface area contributed by atoms with Crippen molar-refractivity contribution in [3.63, 3.8) is 0 Å². The van der Waals surface area contributed by atoms with Crippen LogP contribution in [-0.2, 0) is 4.74 Å². The van der Waals surface area contributed by atoms with Gasteiger partial charge in [0, 0.05) is 16.0 Å². The van der Waals surface area contributed by atoms with E-state index < -0.39 is 0 Å². The SMILES string of the molecule is COc1cc(Br)c(C(=O)C2COC(C)C2)cc1OC. The quantitative estimate of drug-likeness (QED) is 0.797. The molecule has 0 amide bonds. The molecule has 2 atom stereocenters. The van der Waals surface area contributed by atoms with Crippen LogP contribution in [-0.4, -0.2) is 32.7 Å². The number of carbonyl (C=O) groups excluding carboxylic acids is 1. The average molecular weight is 329 g/mol. The summed E-state index contributed by atoms with van der Waals surface area (Å²) in [6, 6.07) is 3.47. The summed E-state index contributed by atoms with van der Waals surface area (Å²) in [6.45, 7) is 2.47. The summed E-state index contributed by atoms with van der Waals surface area (Å²) in [7, 11) is 3.12. The Bertz CT molecular complexity index is 487. The maximum atomic E-state index is 12.5. The third-order valence-electron chi connectivity index (χ3n) is 3.31. The first-order valence-electron chi connectivity index (χ1n) is 6.14. The molecule has 0 N–H and O–H groups in total. The second-order valence-corrected chi connectivity index (χ2v) is 5.48. The summed E-state index contributed by atoms with van der Waals surface area (Å²) in [6.07, 6.45) is 0.910. The van der Waals surface area contributed by atoms with Gasteiger partial charge in [-0.1, -0.05) is 0 Å². The minimum atomic E-state index is -0.0793. The van der Waals surface area contributed by atoms with Crippen LogP contribution >= 0.6 is 15.9 Å². The zero-order valence-corrected chi connectivity index (χ0v) is 12.8. The Morgan fingerprint density at radius 2 is 1.95 bits per heavy atom. The van der Waals surface area contributed by atoms with E-state index in [0.29, 0.717) is 23.7 Å². The molecule has 0 saturated carbocycles.